The van der Waals surface area contributed by atoms with Gasteiger partial charge in [0.2, 0.25) is 5.91 Å². The Morgan fingerprint density at radius 3 is 2.79 bits per heavy atom. The number of halogens is 2. The van der Waals surface area contributed by atoms with Crippen LogP contribution >= 0.6 is 28.3 Å². The van der Waals surface area contributed by atoms with Crippen LogP contribution in [0.1, 0.15) is 6.42 Å². The van der Waals surface area contributed by atoms with Crippen LogP contribution in [0.2, 0.25) is 0 Å². The molecule has 19 heavy (non-hydrogen) atoms. The van der Waals surface area contributed by atoms with E-state index in [9.17, 15) is 4.79 Å². The van der Waals surface area contributed by atoms with Gasteiger partial charge in [-0.15, -0.1) is 12.4 Å². The van der Waals surface area contributed by atoms with Crippen molar-refractivity contribution in [1.29, 1.82) is 0 Å². The molecule has 1 atom stereocenters. The quantitative estimate of drug-likeness (QED) is 0.799. The monoisotopic (exact) mass is 348 g/mol. The first-order valence-corrected chi connectivity index (χ1v) is 6.92. The molecule has 0 bridgehead atoms. The number of ether oxygens (including phenoxy) is 1. The SMILES string of the molecule is Cl.O=C(NCCOc1ccc(Br)cc1)C1CCNC1. The van der Waals surface area contributed by atoms with Crippen molar-refractivity contribution in [3.63, 3.8) is 0 Å². The molecule has 1 unspecified atom stereocenters. The van der Waals surface area contributed by atoms with Gasteiger partial charge in [-0.3, -0.25) is 4.79 Å². The number of nitrogens with one attached hydrogen (secondary N) is 2. The summed E-state index contributed by atoms with van der Waals surface area (Å²) in [5.74, 6) is 1.06. The molecule has 6 heteroatoms. The molecule has 0 aliphatic carbocycles. The molecule has 0 spiro atoms. The fourth-order valence-corrected chi connectivity index (χ4v) is 2.16. The minimum Gasteiger partial charge on any atom is -0.492 e. The summed E-state index contributed by atoms with van der Waals surface area (Å²) in [6.45, 7) is 2.77. The highest BCUT2D eigenvalue weighted by atomic mass is 79.9. The number of hydrogen-bond donors (Lipinski definition) is 2. The minimum absolute atomic E-state index is 0. The van der Waals surface area contributed by atoms with Gasteiger partial charge in [0.15, 0.2) is 0 Å². The molecule has 1 aliphatic heterocycles. The Labute approximate surface area is 127 Å². The molecular weight excluding hydrogens is 332 g/mol. The summed E-state index contributed by atoms with van der Waals surface area (Å²) >= 11 is 3.37. The topological polar surface area (TPSA) is 50.4 Å². The number of amides is 1. The lowest BCUT2D eigenvalue weighted by atomic mass is 10.1. The Morgan fingerprint density at radius 2 is 2.16 bits per heavy atom. The number of benzene rings is 1. The second kappa shape index (κ2) is 8.40. The first-order valence-electron chi connectivity index (χ1n) is 6.12. The van der Waals surface area contributed by atoms with E-state index in [0.717, 1.165) is 29.7 Å². The van der Waals surface area contributed by atoms with Crippen LogP contribution in [0.4, 0.5) is 0 Å². The van der Waals surface area contributed by atoms with Gasteiger partial charge < -0.3 is 15.4 Å². The van der Waals surface area contributed by atoms with Gasteiger partial charge in [-0.25, -0.2) is 0 Å². The minimum atomic E-state index is 0. The summed E-state index contributed by atoms with van der Waals surface area (Å²) in [6.07, 6.45) is 0.930. The molecule has 2 rings (SSSR count). The Hall–Kier alpha value is -0.780. The standard InChI is InChI=1S/C13H17BrN2O2.ClH/c14-11-1-3-12(4-2-11)18-8-7-16-13(17)10-5-6-15-9-10;/h1-4,10,15H,5-9H2,(H,16,17);1H. The molecule has 0 aromatic heterocycles. The van der Waals surface area contributed by atoms with E-state index in [-0.39, 0.29) is 24.2 Å². The van der Waals surface area contributed by atoms with Gasteiger partial charge in [-0.05, 0) is 37.2 Å². The van der Waals surface area contributed by atoms with Crippen LogP contribution in [0, 0.1) is 5.92 Å². The van der Waals surface area contributed by atoms with Crippen molar-refractivity contribution in [3.05, 3.63) is 28.7 Å². The summed E-state index contributed by atoms with van der Waals surface area (Å²) in [7, 11) is 0. The molecule has 1 amide bonds. The summed E-state index contributed by atoms with van der Waals surface area (Å²) in [6, 6.07) is 7.65. The van der Waals surface area contributed by atoms with Gasteiger partial charge in [0.25, 0.3) is 0 Å². The van der Waals surface area contributed by atoms with Crippen LogP contribution < -0.4 is 15.4 Å². The number of hydrogen-bond acceptors (Lipinski definition) is 3. The van der Waals surface area contributed by atoms with Gasteiger partial charge in [0.1, 0.15) is 12.4 Å². The van der Waals surface area contributed by atoms with Crippen LogP contribution in [0.15, 0.2) is 28.7 Å². The molecule has 106 valence electrons. The van der Waals surface area contributed by atoms with Crippen molar-refractivity contribution < 1.29 is 9.53 Å². The third kappa shape index (κ3) is 5.38. The molecule has 1 aromatic carbocycles. The van der Waals surface area contributed by atoms with Crippen LogP contribution in [-0.2, 0) is 4.79 Å². The second-order valence-corrected chi connectivity index (χ2v) is 5.20. The van der Waals surface area contributed by atoms with E-state index in [1.54, 1.807) is 0 Å². The highest BCUT2D eigenvalue weighted by Crippen LogP contribution is 2.15. The second-order valence-electron chi connectivity index (χ2n) is 4.28. The highest BCUT2D eigenvalue weighted by Gasteiger charge is 2.21. The van der Waals surface area contributed by atoms with Crippen LogP contribution in [0.25, 0.3) is 0 Å². The summed E-state index contributed by atoms with van der Waals surface area (Å²) < 4.78 is 6.55. The molecule has 4 nitrogen and oxygen atoms in total. The van der Waals surface area contributed by atoms with Crippen molar-refractivity contribution in [1.82, 2.24) is 10.6 Å². The molecule has 1 aliphatic rings. The lowest BCUT2D eigenvalue weighted by molar-refractivity contribution is -0.124. The maximum Gasteiger partial charge on any atom is 0.224 e. The molecule has 1 fully saturated rings. The Bertz CT molecular complexity index is 394. The average Bonchev–Trinajstić information content (AvgIpc) is 2.90. The zero-order valence-electron chi connectivity index (χ0n) is 10.5. The fourth-order valence-electron chi connectivity index (χ4n) is 1.90. The summed E-state index contributed by atoms with van der Waals surface area (Å²) in [5, 5.41) is 6.07. The number of carbonyl (C=O) groups excluding carboxylic acids is 1. The molecule has 1 heterocycles. The normalized spacial score (nSPS) is 17.6. The van der Waals surface area contributed by atoms with Crippen molar-refractivity contribution in [2.75, 3.05) is 26.2 Å². The van der Waals surface area contributed by atoms with Crippen molar-refractivity contribution in [2.45, 2.75) is 6.42 Å². The van der Waals surface area contributed by atoms with E-state index in [1.165, 1.54) is 0 Å². The Balaban J connectivity index is 0.00000180. The van der Waals surface area contributed by atoms with Crippen molar-refractivity contribution >= 4 is 34.2 Å². The largest absolute Gasteiger partial charge is 0.492 e. The lowest BCUT2D eigenvalue weighted by Gasteiger charge is -2.10. The van der Waals surface area contributed by atoms with Crippen molar-refractivity contribution in [2.24, 2.45) is 5.92 Å². The summed E-state index contributed by atoms with van der Waals surface area (Å²) in [5.41, 5.74) is 0. The van der Waals surface area contributed by atoms with E-state index in [2.05, 4.69) is 26.6 Å². The Morgan fingerprint density at radius 1 is 1.42 bits per heavy atom. The lowest BCUT2D eigenvalue weighted by Crippen LogP contribution is -2.34. The molecule has 1 aromatic rings. The van der Waals surface area contributed by atoms with Gasteiger partial charge in [0, 0.05) is 11.0 Å². The van der Waals surface area contributed by atoms with E-state index < -0.39 is 0 Å². The predicted molar refractivity (Wildman–Crippen MR) is 80.9 cm³/mol. The molecule has 0 saturated carbocycles. The van der Waals surface area contributed by atoms with E-state index >= 15 is 0 Å². The van der Waals surface area contributed by atoms with E-state index in [1.807, 2.05) is 24.3 Å². The highest BCUT2D eigenvalue weighted by molar-refractivity contribution is 9.10. The third-order valence-corrected chi connectivity index (χ3v) is 3.44. The predicted octanol–water partition coefficient (Wildman–Crippen LogP) is 1.98. The zero-order chi connectivity index (χ0) is 12.8. The third-order valence-electron chi connectivity index (χ3n) is 2.91. The molecule has 1 saturated heterocycles. The molecule has 0 radical (unpaired) electrons. The van der Waals surface area contributed by atoms with Crippen LogP contribution in [0.5, 0.6) is 5.75 Å². The van der Waals surface area contributed by atoms with Crippen LogP contribution in [-0.4, -0.2) is 32.1 Å². The van der Waals surface area contributed by atoms with Gasteiger partial charge >= 0.3 is 0 Å². The summed E-state index contributed by atoms with van der Waals surface area (Å²) in [4.78, 5) is 11.7. The Kier molecular flexibility index (Phi) is 7.20. The van der Waals surface area contributed by atoms with Gasteiger partial charge in [-0.2, -0.15) is 0 Å². The number of carbonyl (C=O) groups is 1. The zero-order valence-corrected chi connectivity index (χ0v) is 12.9. The fraction of sp³-hybridized carbons (Fsp3) is 0.462. The number of rotatable bonds is 5. The first kappa shape index (κ1) is 16.3. The average molecular weight is 350 g/mol. The smallest absolute Gasteiger partial charge is 0.224 e. The van der Waals surface area contributed by atoms with Gasteiger partial charge in [-0.1, -0.05) is 15.9 Å². The molecule has 2 N–H and O–H groups in total. The van der Waals surface area contributed by atoms with E-state index in [4.69, 9.17) is 4.74 Å². The van der Waals surface area contributed by atoms with Gasteiger partial charge in [0.05, 0.1) is 12.5 Å². The maximum atomic E-state index is 11.7. The van der Waals surface area contributed by atoms with Crippen LogP contribution in [0.3, 0.4) is 0 Å². The molecular formula is C13H18BrClN2O2. The maximum absolute atomic E-state index is 11.7. The van der Waals surface area contributed by atoms with E-state index in [0.29, 0.717) is 13.2 Å². The van der Waals surface area contributed by atoms with Crippen molar-refractivity contribution in [3.8, 4) is 5.75 Å². The first-order chi connectivity index (χ1) is 8.75.